The third-order valence-corrected chi connectivity index (χ3v) is 2.62. The van der Waals surface area contributed by atoms with E-state index in [0.717, 1.165) is 0 Å². The van der Waals surface area contributed by atoms with E-state index in [1.807, 2.05) is 0 Å². The van der Waals surface area contributed by atoms with E-state index in [0.29, 0.717) is 0 Å². The van der Waals surface area contributed by atoms with Crippen LogP contribution in [0.3, 0.4) is 0 Å². The molecule has 7 heteroatoms. The van der Waals surface area contributed by atoms with Crippen LogP contribution < -0.4 is 5.32 Å². The number of hydrogen-bond acceptors (Lipinski definition) is 4. The second-order valence-corrected chi connectivity index (χ2v) is 4.04. The summed E-state index contributed by atoms with van der Waals surface area (Å²) in [5.41, 5.74) is -0.215. The maximum atomic E-state index is 12.1. The monoisotopic (exact) mass is 286 g/mol. The topological polar surface area (TPSA) is 117 Å². The number of rotatable bonds is 4. The summed E-state index contributed by atoms with van der Waals surface area (Å²) in [7, 11) is 0. The van der Waals surface area contributed by atoms with Crippen LogP contribution in [0.2, 0.25) is 0 Å². The summed E-state index contributed by atoms with van der Waals surface area (Å²) in [6.45, 7) is 0. The molecule has 21 heavy (non-hydrogen) atoms. The Labute approximate surface area is 118 Å². The standard InChI is InChI=1S/C14H10N2O5/c17-12(10-5-2-6-15-11(10)14(20)21)16-9-4-1-3-8(7-9)13(18)19/h1-7H,(H,16,17)(H,18,19)(H,20,21). The van der Waals surface area contributed by atoms with E-state index in [1.165, 1.54) is 42.6 Å². The van der Waals surface area contributed by atoms with Crippen LogP contribution in [0, 0.1) is 0 Å². The molecule has 2 rings (SSSR count). The Morgan fingerprint density at radius 1 is 1.00 bits per heavy atom. The molecule has 3 N–H and O–H groups in total. The second kappa shape index (κ2) is 5.83. The lowest BCUT2D eigenvalue weighted by molar-refractivity contribution is 0.0680. The van der Waals surface area contributed by atoms with Crippen molar-refractivity contribution in [3.8, 4) is 0 Å². The van der Waals surface area contributed by atoms with E-state index in [-0.39, 0.29) is 22.5 Å². The van der Waals surface area contributed by atoms with E-state index in [9.17, 15) is 14.4 Å². The predicted molar refractivity (Wildman–Crippen MR) is 72.6 cm³/mol. The summed E-state index contributed by atoms with van der Waals surface area (Å²) in [5, 5.41) is 20.3. The quantitative estimate of drug-likeness (QED) is 0.788. The number of pyridine rings is 1. The molecule has 0 aliphatic heterocycles. The van der Waals surface area contributed by atoms with E-state index in [1.54, 1.807) is 0 Å². The van der Waals surface area contributed by atoms with Gasteiger partial charge in [0, 0.05) is 11.9 Å². The van der Waals surface area contributed by atoms with Gasteiger partial charge in [-0.05, 0) is 30.3 Å². The number of carbonyl (C=O) groups excluding carboxylic acids is 1. The van der Waals surface area contributed by atoms with Gasteiger partial charge in [-0.25, -0.2) is 14.6 Å². The number of carboxylic acids is 2. The van der Waals surface area contributed by atoms with Crippen molar-refractivity contribution in [1.29, 1.82) is 0 Å². The molecule has 1 aromatic carbocycles. The fourth-order valence-electron chi connectivity index (χ4n) is 1.69. The molecule has 0 radical (unpaired) electrons. The molecule has 0 bridgehead atoms. The Kier molecular flexibility index (Phi) is 3.94. The van der Waals surface area contributed by atoms with Gasteiger partial charge in [0.1, 0.15) is 0 Å². The molecule has 1 amide bonds. The molecule has 7 nitrogen and oxygen atoms in total. The zero-order chi connectivity index (χ0) is 15.4. The Bertz CT molecular complexity index is 727. The van der Waals surface area contributed by atoms with Crippen LogP contribution in [-0.2, 0) is 0 Å². The highest BCUT2D eigenvalue weighted by Gasteiger charge is 2.17. The minimum absolute atomic E-state index is 0.0115. The van der Waals surface area contributed by atoms with Gasteiger partial charge in [-0.2, -0.15) is 0 Å². The predicted octanol–water partition coefficient (Wildman–Crippen LogP) is 1.73. The fraction of sp³-hybridized carbons (Fsp3) is 0. The first-order chi connectivity index (χ1) is 9.99. The largest absolute Gasteiger partial charge is 0.478 e. The SMILES string of the molecule is O=C(O)c1cccc(NC(=O)c2cccnc2C(=O)O)c1. The van der Waals surface area contributed by atoms with Gasteiger partial charge in [0.2, 0.25) is 0 Å². The number of anilines is 1. The molecule has 1 heterocycles. The van der Waals surface area contributed by atoms with Gasteiger partial charge in [0.25, 0.3) is 5.91 Å². The van der Waals surface area contributed by atoms with Gasteiger partial charge in [-0.1, -0.05) is 6.07 Å². The van der Waals surface area contributed by atoms with Crippen molar-refractivity contribution in [2.45, 2.75) is 0 Å². The zero-order valence-corrected chi connectivity index (χ0v) is 10.6. The molecular formula is C14H10N2O5. The summed E-state index contributed by atoms with van der Waals surface area (Å²) in [4.78, 5) is 37.5. The molecule has 0 saturated heterocycles. The fourth-order valence-corrected chi connectivity index (χ4v) is 1.69. The zero-order valence-electron chi connectivity index (χ0n) is 10.6. The number of aromatic carboxylic acids is 2. The Morgan fingerprint density at radius 3 is 2.43 bits per heavy atom. The molecule has 0 saturated carbocycles. The number of carboxylic acid groups (broad SMARTS) is 2. The lowest BCUT2D eigenvalue weighted by Gasteiger charge is -2.07. The molecule has 0 aliphatic carbocycles. The number of amides is 1. The number of hydrogen-bond donors (Lipinski definition) is 3. The molecule has 0 spiro atoms. The van der Waals surface area contributed by atoms with E-state index in [2.05, 4.69) is 10.3 Å². The summed E-state index contributed by atoms with van der Waals surface area (Å²) in [6.07, 6.45) is 1.27. The van der Waals surface area contributed by atoms with Crippen LogP contribution in [0.4, 0.5) is 5.69 Å². The molecule has 106 valence electrons. The molecule has 0 unspecified atom stereocenters. The van der Waals surface area contributed by atoms with Crippen molar-refractivity contribution < 1.29 is 24.6 Å². The number of carbonyl (C=O) groups is 3. The van der Waals surface area contributed by atoms with Crippen LogP contribution in [0.1, 0.15) is 31.2 Å². The van der Waals surface area contributed by atoms with Crippen LogP contribution in [0.5, 0.6) is 0 Å². The normalized spacial score (nSPS) is 9.90. The van der Waals surface area contributed by atoms with Gasteiger partial charge < -0.3 is 15.5 Å². The Hall–Kier alpha value is -3.22. The van der Waals surface area contributed by atoms with Crippen LogP contribution in [0.25, 0.3) is 0 Å². The number of benzene rings is 1. The van der Waals surface area contributed by atoms with E-state index < -0.39 is 17.8 Å². The maximum absolute atomic E-state index is 12.1. The Balaban J connectivity index is 2.28. The van der Waals surface area contributed by atoms with Gasteiger partial charge in [-0.3, -0.25) is 4.79 Å². The van der Waals surface area contributed by atoms with E-state index >= 15 is 0 Å². The smallest absolute Gasteiger partial charge is 0.355 e. The molecule has 2 aromatic rings. The van der Waals surface area contributed by atoms with Crippen LogP contribution in [0.15, 0.2) is 42.6 Å². The third-order valence-electron chi connectivity index (χ3n) is 2.62. The van der Waals surface area contributed by atoms with Crippen LogP contribution in [-0.4, -0.2) is 33.0 Å². The highest BCUT2D eigenvalue weighted by atomic mass is 16.4. The summed E-state index contributed by atoms with van der Waals surface area (Å²) in [5.74, 6) is -3.12. The first kappa shape index (κ1) is 14.2. The van der Waals surface area contributed by atoms with Crippen LogP contribution >= 0.6 is 0 Å². The molecule has 0 atom stereocenters. The van der Waals surface area contributed by atoms with Crippen molar-refractivity contribution in [2.24, 2.45) is 0 Å². The second-order valence-electron chi connectivity index (χ2n) is 4.04. The lowest BCUT2D eigenvalue weighted by Crippen LogP contribution is -2.17. The number of nitrogens with zero attached hydrogens (tertiary/aromatic N) is 1. The first-order valence-corrected chi connectivity index (χ1v) is 5.82. The average molecular weight is 286 g/mol. The number of aromatic nitrogens is 1. The van der Waals surface area contributed by atoms with E-state index in [4.69, 9.17) is 10.2 Å². The maximum Gasteiger partial charge on any atom is 0.355 e. The third kappa shape index (κ3) is 3.21. The average Bonchev–Trinajstić information content (AvgIpc) is 2.47. The van der Waals surface area contributed by atoms with Gasteiger partial charge >= 0.3 is 11.9 Å². The first-order valence-electron chi connectivity index (χ1n) is 5.82. The number of nitrogens with one attached hydrogen (secondary N) is 1. The van der Waals surface area contributed by atoms with Gasteiger partial charge in [-0.15, -0.1) is 0 Å². The minimum atomic E-state index is -1.32. The molecule has 0 fully saturated rings. The minimum Gasteiger partial charge on any atom is -0.478 e. The van der Waals surface area contributed by atoms with Gasteiger partial charge in [0.15, 0.2) is 5.69 Å². The van der Waals surface area contributed by atoms with Crippen molar-refractivity contribution in [3.05, 3.63) is 59.4 Å². The summed E-state index contributed by atoms with van der Waals surface area (Å²) in [6, 6.07) is 8.39. The van der Waals surface area contributed by atoms with Crippen molar-refractivity contribution in [3.63, 3.8) is 0 Å². The highest BCUT2D eigenvalue weighted by molar-refractivity contribution is 6.10. The van der Waals surface area contributed by atoms with Crippen molar-refractivity contribution >= 4 is 23.5 Å². The lowest BCUT2D eigenvalue weighted by atomic mass is 10.1. The molecule has 0 aliphatic rings. The van der Waals surface area contributed by atoms with Gasteiger partial charge in [0.05, 0.1) is 11.1 Å². The van der Waals surface area contributed by atoms with Crippen molar-refractivity contribution in [2.75, 3.05) is 5.32 Å². The van der Waals surface area contributed by atoms with Crippen molar-refractivity contribution in [1.82, 2.24) is 4.98 Å². The molecule has 1 aromatic heterocycles. The highest BCUT2D eigenvalue weighted by Crippen LogP contribution is 2.13. The summed E-state index contributed by atoms with van der Waals surface area (Å²) < 4.78 is 0. The molecular weight excluding hydrogens is 276 g/mol. The summed E-state index contributed by atoms with van der Waals surface area (Å²) >= 11 is 0. The Morgan fingerprint density at radius 2 is 1.76 bits per heavy atom.